The molecule has 0 bridgehead atoms. The number of sulfone groups is 1. The van der Waals surface area contributed by atoms with Crippen molar-refractivity contribution in [2.24, 2.45) is 5.16 Å². The molecule has 2 aliphatic rings. The highest BCUT2D eigenvalue weighted by Crippen LogP contribution is 2.48. The number of hydrogen-bond donors (Lipinski definition) is 2. The molecule has 1 unspecified atom stereocenters. The zero-order valence-electron chi connectivity index (χ0n) is 15.3. The summed E-state index contributed by atoms with van der Waals surface area (Å²) >= 11 is 0. The van der Waals surface area contributed by atoms with E-state index < -0.39 is 43.8 Å². The van der Waals surface area contributed by atoms with Crippen LogP contribution in [-0.2, 0) is 24.2 Å². The molecule has 1 aromatic rings. The average molecular weight is 423 g/mol. The van der Waals surface area contributed by atoms with Gasteiger partial charge in [0.25, 0.3) is 5.91 Å². The van der Waals surface area contributed by atoms with Crippen molar-refractivity contribution in [3.63, 3.8) is 0 Å². The Morgan fingerprint density at radius 1 is 1.41 bits per heavy atom. The molecule has 3 heterocycles. The molecule has 3 rings (SSSR count). The summed E-state index contributed by atoms with van der Waals surface area (Å²) in [6, 6.07) is 1.15. The van der Waals surface area contributed by atoms with Crippen molar-refractivity contribution in [1.29, 1.82) is 0 Å². The van der Waals surface area contributed by atoms with Gasteiger partial charge < -0.3 is 20.0 Å². The highest BCUT2D eigenvalue weighted by atomic mass is 32.2. The average Bonchev–Trinajstić information content (AvgIpc) is 2.80. The van der Waals surface area contributed by atoms with Gasteiger partial charge in [-0.2, -0.15) is 0 Å². The second-order valence-electron chi connectivity index (χ2n) is 6.92. The van der Waals surface area contributed by atoms with Crippen molar-refractivity contribution in [3.8, 4) is 0 Å². The Bertz CT molecular complexity index is 1060. The van der Waals surface area contributed by atoms with Crippen molar-refractivity contribution < 1.29 is 37.9 Å². The Morgan fingerprint density at radius 3 is 2.72 bits per heavy atom. The van der Waals surface area contributed by atoms with Gasteiger partial charge in [0.05, 0.1) is 23.0 Å². The Morgan fingerprint density at radius 2 is 2.10 bits per heavy atom. The largest absolute Gasteiger partial charge is 0.480 e. The van der Waals surface area contributed by atoms with Crippen LogP contribution in [0.15, 0.2) is 29.1 Å². The summed E-state index contributed by atoms with van der Waals surface area (Å²) in [6.45, 7) is 2.29. The van der Waals surface area contributed by atoms with E-state index in [0.717, 1.165) is 11.1 Å². The molecule has 154 valence electrons. The van der Waals surface area contributed by atoms with Gasteiger partial charge in [-0.05, 0) is 32.1 Å². The number of carboxylic acid groups (broad SMARTS) is 1. The third kappa shape index (κ3) is 3.05. The van der Waals surface area contributed by atoms with Gasteiger partial charge in [0, 0.05) is 6.20 Å². The third-order valence-corrected chi connectivity index (χ3v) is 7.65. The fourth-order valence-electron chi connectivity index (χ4n) is 3.39. The highest BCUT2D eigenvalue weighted by Gasteiger charge is 2.70. The number of pyridine rings is 1. The van der Waals surface area contributed by atoms with Gasteiger partial charge in [-0.1, -0.05) is 5.16 Å². The highest BCUT2D eigenvalue weighted by molar-refractivity contribution is 7.94. The topological polar surface area (TPSA) is 164 Å². The minimum absolute atomic E-state index is 0.0832. The van der Waals surface area contributed by atoms with E-state index in [0.29, 0.717) is 0 Å². The van der Waals surface area contributed by atoms with Crippen molar-refractivity contribution in [3.05, 3.63) is 35.2 Å². The number of aliphatic carboxylic acids is 1. The summed E-state index contributed by atoms with van der Waals surface area (Å²) in [4.78, 5) is 40.9. The van der Waals surface area contributed by atoms with Gasteiger partial charge in [-0.15, -0.1) is 0 Å². The molecule has 0 spiro atoms. The van der Waals surface area contributed by atoms with Gasteiger partial charge in [0.15, 0.2) is 21.3 Å². The summed E-state index contributed by atoms with van der Waals surface area (Å²) in [6.07, 6.45) is 3.46. The second-order valence-corrected chi connectivity index (χ2v) is 9.51. The Balaban J connectivity index is 1.93. The first-order valence-corrected chi connectivity index (χ1v) is 9.88. The van der Waals surface area contributed by atoms with Crippen LogP contribution in [0.3, 0.4) is 0 Å². The first-order chi connectivity index (χ1) is 13.5. The predicted molar refractivity (Wildman–Crippen MR) is 97.8 cm³/mol. The minimum Gasteiger partial charge on any atom is -0.480 e. The van der Waals surface area contributed by atoms with Crippen molar-refractivity contribution in [2.45, 2.75) is 30.0 Å². The maximum atomic E-state index is 12.8. The number of amides is 1. The zero-order valence-corrected chi connectivity index (χ0v) is 16.2. The van der Waals surface area contributed by atoms with E-state index in [2.05, 4.69) is 10.1 Å². The summed E-state index contributed by atoms with van der Waals surface area (Å²) in [5.41, 5.74) is 0.0946. The van der Waals surface area contributed by atoms with Crippen LogP contribution in [0.5, 0.6) is 0 Å². The first kappa shape index (κ1) is 20.5. The maximum Gasteiger partial charge on any atom is 0.338 e. The van der Waals surface area contributed by atoms with E-state index in [4.69, 9.17) is 9.94 Å². The lowest BCUT2D eigenvalue weighted by atomic mass is 9.95. The van der Waals surface area contributed by atoms with Crippen LogP contribution < -0.4 is 0 Å². The zero-order chi connectivity index (χ0) is 21.6. The molecule has 0 saturated carbocycles. The number of esters is 1. The van der Waals surface area contributed by atoms with Crippen LogP contribution in [0, 0.1) is 0 Å². The van der Waals surface area contributed by atoms with E-state index in [9.17, 15) is 27.9 Å². The Kier molecular flexibility index (Phi) is 4.91. The molecule has 2 fully saturated rings. The number of oxime groups is 1. The van der Waals surface area contributed by atoms with Crippen LogP contribution in [0.4, 0.5) is 0 Å². The molecule has 1 aromatic heterocycles. The van der Waals surface area contributed by atoms with Crippen LogP contribution in [-0.4, -0.2) is 75.4 Å². The predicted octanol–water partition coefficient (Wildman–Crippen LogP) is -0.0897. The number of hydrogen-bond acceptors (Lipinski definition) is 9. The molecule has 2 N–H and O–H groups in total. The van der Waals surface area contributed by atoms with Crippen LogP contribution in [0.2, 0.25) is 0 Å². The van der Waals surface area contributed by atoms with E-state index in [1.54, 1.807) is 0 Å². The Hall–Kier alpha value is -3.28. The molecule has 0 radical (unpaired) electrons. The van der Waals surface area contributed by atoms with E-state index in [1.807, 2.05) is 0 Å². The van der Waals surface area contributed by atoms with E-state index in [-0.39, 0.29) is 23.4 Å². The molecule has 29 heavy (non-hydrogen) atoms. The molecule has 2 aliphatic heterocycles. The van der Waals surface area contributed by atoms with Crippen LogP contribution >= 0.6 is 0 Å². The SMILES string of the molecule is CC1(C)[C@H](C(=O)O)N2C(=O)/C(=C/c3cc(C(=O)OC/C=N/O)ccn3)C2S1(=O)=O. The van der Waals surface area contributed by atoms with E-state index in [1.165, 1.54) is 38.3 Å². The smallest absolute Gasteiger partial charge is 0.338 e. The molecular formula is C17H17N3O8S. The summed E-state index contributed by atoms with van der Waals surface area (Å²) in [7, 11) is -4.01. The molecule has 12 heteroatoms. The lowest BCUT2D eigenvalue weighted by Crippen LogP contribution is -2.58. The van der Waals surface area contributed by atoms with Crippen LogP contribution in [0.25, 0.3) is 6.08 Å². The monoisotopic (exact) mass is 423 g/mol. The molecule has 0 aromatic carbocycles. The number of nitrogens with zero attached hydrogens (tertiary/aromatic N) is 3. The molecule has 11 nitrogen and oxygen atoms in total. The van der Waals surface area contributed by atoms with Gasteiger partial charge in [-0.25, -0.2) is 18.0 Å². The fraction of sp³-hybridized carbons (Fsp3) is 0.353. The maximum absolute atomic E-state index is 12.8. The van der Waals surface area contributed by atoms with Gasteiger partial charge in [0.1, 0.15) is 11.4 Å². The quantitative estimate of drug-likeness (QED) is 0.164. The van der Waals surface area contributed by atoms with Crippen LogP contribution in [0.1, 0.15) is 29.9 Å². The summed E-state index contributed by atoms with van der Waals surface area (Å²) < 4.78 is 28.8. The second kappa shape index (κ2) is 6.95. The van der Waals surface area contributed by atoms with Gasteiger partial charge in [0.2, 0.25) is 0 Å². The van der Waals surface area contributed by atoms with Crippen molar-refractivity contribution in [2.75, 3.05) is 6.61 Å². The molecule has 1 amide bonds. The van der Waals surface area contributed by atoms with Gasteiger partial charge >= 0.3 is 11.9 Å². The number of carbonyl (C=O) groups is 3. The van der Waals surface area contributed by atoms with Crippen molar-refractivity contribution in [1.82, 2.24) is 9.88 Å². The first-order valence-electron chi connectivity index (χ1n) is 8.33. The minimum atomic E-state index is -4.01. The molecule has 2 saturated heterocycles. The number of β-lactam (4-membered cyclic amide) rings is 1. The number of fused-ring (bicyclic) bond motifs is 1. The normalized spacial score (nSPS) is 25.7. The van der Waals surface area contributed by atoms with Crippen molar-refractivity contribution >= 4 is 40.0 Å². The fourth-order valence-corrected chi connectivity index (χ4v) is 5.51. The summed E-state index contributed by atoms with van der Waals surface area (Å²) in [5, 5.41) is 19.0. The lowest BCUT2D eigenvalue weighted by molar-refractivity contribution is -0.152. The molecular weight excluding hydrogens is 406 g/mol. The number of carboxylic acids is 1. The van der Waals surface area contributed by atoms with Gasteiger partial charge in [-0.3, -0.25) is 9.78 Å². The number of rotatable bonds is 5. The summed E-state index contributed by atoms with van der Waals surface area (Å²) in [5.74, 6) is -2.86. The number of ether oxygens (including phenoxy) is 1. The third-order valence-electron chi connectivity index (χ3n) is 4.89. The molecule has 0 aliphatic carbocycles. The lowest BCUT2D eigenvalue weighted by Gasteiger charge is -2.37. The van der Waals surface area contributed by atoms with E-state index >= 15 is 0 Å². The number of aromatic nitrogens is 1. The molecule has 2 atom stereocenters. The number of carbonyl (C=O) groups excluding carboxylic acids is 2. The standard InChI is InChI=1S/C17H17N3O8S/c1-17(2)12(15(22)23)20-13(21)11(14(20)29(17,26)27)8-10-7-9(3-4-18-10)16(24)28-6-5-19-25/h3-5,7-8,12,14,25H,6H2,1-2H3,(H,22,23)/b11-8-,19-5+/t12-,14?/m0/s1. The Labute approximate surface area is 165 Å².